The Bertz CT molecular complexity index is 3860. The number of halogens is 3. The van der Waals surface area contributed by atoms with Crippen LogP contribution in [-0.2, 0) is 55.8 Å². The minimum absolute atomic E-state index is 0.00734. The minimum Gasteiger partial charge on any atom is -0.478 e. The van der Waals surface area contributed by atoms with Gasteiger partial charge in [0.05, 0.1) is 35.7 Å². The van der Waals surface area contributed by atoms with Gasteiger partial charge in [-0.05, 0) is 141 Å². The number of carbonyl (C=O) groups is 6. The number of aliphatic hydroxyl groups excluding tert-OH is 5. The van der Waals surface area contributed by atoms with Crippen molar-refractivity contribution in [2.75, 3.05) is 6.54 Å². The molecule has 1 amide bonds. The number of likely N-dealkylation sites (tertiary alicyclic amines) is 1. The van der Waals surface area contributed by atoms with Crippen LogP contribution < -0.4 is 0 Å². The smallest absolute Gasteiger partial charge is 0.416 e. The number of rotatable bonds is 28. The van der Waals surface area contributed by atoms with E-state index in [1.165, 1.54) is 23.0 Å². The van der Waals surface area contributed by atoms with Gasteiger partial charge in [-0.1, -0.05) is 176 Å². The fourth-order valence-corrected chi connectivity index (χ4v) is 13.7. The maximum absolute atomic E-state index is 12.9. The third-order valence-electron chi connectivity index (χ3n) is 17.8. The first-order valence-electron chi connectivity index (χ1n) is 33.7. The van der Waals surface area contributed by atoms with E-state index < -0.39 is 72.0 Å². The summed E-state index contributed by atoms with van der Waals surface area (Å²) in [5.74, 6) is 7.25. The van der Waals surface area contributed by atoms with E-state index in [0.717, 1.165) is 88.2 Å². The first kappa shape index (κ1) is 77.6. The lowest BCUT2D eigenvalue weighted by molar-refractivity contribution is -0.138. The van der Waals surface area contributed by atoms with Gasteiger partial charge >= 0.3 is 24.1 Å². The highest BCUT2D eigenvalue weighted by Gasteiger charge is 2.41. The van der Waals surface area contributed by atoms with E-state index in [1.807, 2.05) is 83.8 Å². The van der Waals surface area contributed by atoms with Crippen LogP contribution in [0.15, 0.2) is 164 Å². The van der Waals surface area contributed by atoms with Crippen LogP contribution in [0.1, 0.15) is 139 Å². The Hall–Kier alpha value is -8.79. The van der Waals surface area contributed by atoms with Crippen molar-refractivity contribution in [2.45, 2.75) is 172 Å². The number of aliphatic hydroxyl groups is 5. The predicted molar refractivity (Wildman–Crippen MR) is 374 cm³/mol. The number of ketones is 2. The second-order valence-electron chi connectivity index (χ2n) is 25.5. The summed E-state index contributed by atoms with van der Waals surface area (Å²) in [6, 6.07) is 42.6. The summed E-state index contributed by atoms with van der Waals surface area (Å²) in [5.41, 5.74) is 7.20. The molecule has 1 saturated heterocycles. The quantitative estimate of drug-likeness (QED) is 0.0129. The van der Waals surface area contributed by atoms with Gasteiger partial charge in [-0.3, -0.25) is 14.4 Å². The van der Waals surface area contributed by atoms with Crippen LogP contribution in [0.5, 0.6) is 0 Å². The number of amides is 1. The van der Waals surface area contributed by atoms with Crippen LogP contribution in [0.2, 0.25) is 0 Å². The maximum Gasteiger partial charge on any atom is 0.416 e. The lowest BCUT2D eigenvalue weighted by atomic mass is 9.89. The summed E-state index contributed by atoms with van der Waals surface area (Å²) in [7, 11) is 0. The van der Waals surface area contributed by atoms with E-state index in [2.05, 4.69) is 54.9 Å². The molecule has 0 radical (unpaired) electrons. The molecule has 10 atom stereocenters. The van der Waals surface area contributed by atoms with E-state index in [9.17, 15) is 67.5 Å². The number of benzene rings is 5. The lowest BCUT2D eigenvalue weighted by Gasteiger charge is -2.25. The van der Waals surface area contributed by atoms with Crippen molar-refractivity contribution in [3.8, 4) is 45.9 Å². The molecule has 6 aromatic rings. The molecule has 5 aromatic carbocycles. The third kappa shape index (κ3) is 25.8. The number of unbranched alkanes of at least 4 members (excludes halogenated alkanes) is 4. The molecule has 0 spiro atoms. The van der Waals surface area contributed by atoms with Gasteiger partial charge in [-0.15, -0.1) is 11.3 Å². The molecule has 15 nitrogen and oxygen atoms in total. The molecule has 99 heavy (non-hydrogen) atoms. The second-order valence-corrected chi connectivity index (χ2v) is 26.7. The molecular formula is C80H88F3NO14S. The molecule has 0 bridgehead atoms. The molecule has 1 aliphatic heterocycles. The standard InChI is InChI=1S/C29H32O5.C28H30O5.C23H26F3NO4S/c1-20-8-6-10-22(16-20)23-11-7-9-21(17-23)18-24(30)14-15-26-25(27(31)19-28(26)32)12-4-2-3-5-13-29(33)34;29-23(18-20-9-8-12-22(17-20)21-10-4-3-5-11-21)15-16-25-24(26(30)19-27(25)31)13-6-1-2-7-14-28(32)33;24-23(25,26)16-4-1-3-15(13-16)14-18(28)8-6-17-7-11-21(29)27(17)12-2-5-19-9-10-20(32-19)22(30)31/h5-11,13,16-17,24-26,28,30,32H,2-4,12,18-19H2,1H3,(H,33,34);3-5,7-12,14,17,23-25,27,29,31H,1-2,6,13,18-19H2,(H,32,33);1,3-4,9-10,13,17-18,28H,2,5-8,11-12,14H2,(H,30,31)/b13-5+;14-7+;/t24-,25-,26-,28-;23-,24-,25-,27-;17-,18-/m110/s1. The van der Waals surface area contributed by atoms with Crippen molar-refractivity contribution in [1.29, 1.82) is 0 Å². The van der Waals surface area contributed by atoms with Crippen molar-refractivity contribution in [1.82, 2.24) is 4.90 Å². The van der Waals surface area contributed by atoms with E-state index in [0.29, 0.717) is 94.0 Å². The summed E-state index contributed by atoms with van der Waals surface area (Å²) in [6.45, 7) is 2.62. The number of Topliss-reactive ketones (excluding diaryl/α,β-unsaturated/α-hetero) is 2. The van der Waals surface area contributed by atoms with Crippen LogP contribution in [0.4, 0.5) is 13.2 Å². The first-order valence-corrected chi connectivity index (χ1v) is 34.6. The number of hydrogen-bond acceptors (Lipinski definition) is 12. The predicted octanol–water partition coefficient (Wildman–Crippen LogP) is 13.1. The van der Waals surface area contributed by atoms with Gasteiger partial charge in [0.2, 0.25) is 5.91 Å². The maximum atomic E-state index is 12.9. The van der Waals surface area contributed by atoms with Crippen molar-refractivity contribution in [3.05, 3.63) is 201 Å². The fraction of sp³-hybridized carbons (Fsp3) is 0.400. The number of nitrogens with zero attached hydrogens (tertiary/aromatic N) is 1. The van der Waals surface area contributed by atoms with Crippen molar-refractivity contribution in [2.24, 2.45) is 23.7 Å². The van der Waals surface area contributed by atoms with Crippen molar-refractivity contribution >= 4 is 46.7 Å². The van der Waals surface area contributed by atoms with E-state index in [-0.39, 0.29) is 54.6 Å². The number of hydrogen-bond donors (Lipinski definition) is 8. The van der Waals surface area contributed by atoms with E-state index in [4.69, 9.17) is 15.3 Å². The Labute approximate surface area is 580 Å². The number of thiophene rings is 1. The number of alkyl halides is 3. The Kier molecular flexibility index (Phi) is 30.6. The van der Waals surface area contributed by atoms with Crippen LogP contribution in [0, 0.1) is 54.3 Å². The molecule has 2 heterocycles. The van der Waals surface area contributed by atoms with E-state index in [1.54, 1.807) is 30.4 Å². The molecule has 3 fully saturated rings. The van der Waals surface area contributed by atoms with Crippen LogP contribution >= 0.6 is 11.3 Å². The zero-order valence-electron chi connectivity index (χ0n) is 55.5. The molecule has 1 aromatic heterocycles. The molecule has 2 saturated carbocycles. The third-order valence-corrected chi connectivity index (χ3v) is 19.0. The van der Waals surface area contributed by atoms with Gasteiger partial charge < -0.3 is 45.8 Å². The number of aromatic carboxylic acids is 1. The topological polar surface area (TPSA) is 267 Å². The molecule has 8 N–H and O–H groups in total. The fourth-order valence-electron chi connectivity index (χ4n) is 12.8. The summed E-state index contributed by atoms with van der Waals surface area (Å²) >= 11 is 1.24. The second kappa shape index (κ2) is 39.1. The van der Waals surface area contributed by atoms with Crippen molar-refractivity contribution in [3.63, 3.8) is 0 Å². The molecule has 9 rings (SSSR count). The van der Waals surface area contributed by atoms with Crippen LogP contribution in [0.25, 0.3) is 22.3 Å². The number of carboxylic acid groups (broad SMARTS) is 3. The zero-order valence-corrected chi connectivity index (χ0v) is 56.3. The highest BCUT2D eigenvalue weighted by atomic mass is 32.1. The van der Waals surface area contributed by atoms with Gasteiger partial charge in [0, 0.05) is 73.6 Å². The van der Waals surface area contributed by atoms with Gasteiger partial charge in [0.15, 0.2) is 0 Å². The van der Waals surface area contributed by atoms with Crippen molar-refractivity contribution < 1.29 is 82.8 Å². The number of aliphatic carboxylic acids is 2. The Morgan fingerprint density at radius 1 is 0.596 bits per heavy atom. The normalized spacial score (nSPS) is 19.9. The van der Waals surface area contributed by atoms with Gasteiger partial charge in [0.25, 0.3) is 0 Å². The number of aryl methyl sites for hydroxylation is 2. The monoisotopic (exact) mass is 1380 g/mol. The number of allylic oxidation sites excluding steroid dienone is 2. The average Bonchev–Trinajstić information content (AvgIpc) is 1.66. The number of carboxylic acids is 3. The summed E-state index contributed by atoms with van der Waals surface area (Å²) in [5, 5.41) is 78.2. The van der Waals surface area contributed by atoms with Crippen LogP contribution in [0.3, 0.4) is 0 Å². The van der Waals surface area contributed by atoms with Gasteiger partial charge in [-0.2, -0.15) is 13.2 Å². The summed E-state index contributed by atoms with van der Waals surface area (Å²) in [4.78, 5) is 72.0. The Morgan fingerprint density at radius 3 is 1.62 bits per heavy atom. The Balaban J connectivity index is 0.000000209. The minimum atomic E-state index is -4.41. The Morgan fingerprint density at radius 2 is 1.10 bits per heavy atom. The summed E-state index contributed by atoms with van der Waals surface area (Å²) in [6.07, 6.45) is 6.97. The number of carbonyl (C=O) groups excluding carboxylic acids is 3. The molecular weight excluding hydrogens is 1290 g/mol. The highest BCUT2D eigenvalue weighted by Crippen LogP contribution is 2.36. The highest BCUT2D eigenvalue weighted by molar-refractivity contribution is 7.13. The molecule has 3 aliphatic rings. The summed E-state index contributed by atoms with van der Waals surface area (Å²) < 4.78 is 38.6. The largest absolute Gasteiger partial charge is 0.478 e. The van der Waals surface area contributed by atoms with Gasteiger partial charge in [-0.25, -0.2) is 14.4 Å². The van der Waals surface area contributed by atoms with E-state index >= 15 is 0 Å². The molecule has 2 aliphatic carbocycles. The lowest BCUT2D eigenvalue weighted by Crippen LogP contribution is -2.34. The van der Waals surface area contributed by atoms with Gasteiger partial charge in [0.1, 0.15) is 28.7 Å². The zero-order chi connectivity index (χ0) is 71.4. The molecule has 19 heteroatoms. The van der Waals surface area contributed by atoms with Crippen LogP contribution in [-0.4, -0.2) is 124 Å². The average molecular weight is 1380 g/mol. The SMILES string of the molecule is Cc1cccc(-c2cccc(C[C@H](O)C#C[C@H]3[C@H](O)CC(=O)[C@@H]3CCCC/C=C/C(=O)O)c2)c1.O=C(O)/C=C/CCCC[C@H]1C(=O)C[C@@H](O)[C@@H]1C#C[C@@H](O)Cc1cccc(-c2ccccc2)c1.O=C(O)c1ccc(CCCN2C(=O)CC[C@@H]2CC[C@H](O)Cc2cccc(C(F)(F)F)c2)s1. The molecule has 524 valence electrons. The first-order chi connectivity index (χ1) is 47.4. The molecule has 0 unspecified atom stereocenters.